The van der Waals surface area contributed by atoms with Crippen molar-refractivity contribution in [2.45, 2.75) is 11.3 Å². The van der Waals surface area contributed by atoms with Crippen molar-refractivity contribution < 1.29 is 17.9 Å². The summed E-state index contributed by atoms with van der Waals surface area (Å²) in [5.74, 6) is 1.93. The third kappa shape index (κ3) is 5.66. The first-order valence-electron chi connectivity index (χ1n) is 12.1. The number of aromatic nitrogens is 1. The van der Waals surface area contributed by atoms with Gasteiger partial charge in [-0.1, -0.05) is 24.3 Å². The van der Waals surface area contributed by atoms with E-state index in [1.165, 1.54) is 36.4 Å². The molecule has 1 aromatic heterocycles. The summed E-state index contributed by atoms with van der Waals surface area (Å²) < 4.78 is 45.0. The Bertz CT molecular complexity index is 1480. The molecule has 2 heterocycles. The molecule has 1 aliphatic heterocycles. The molecule has 0 saturated carbocycles. The van der Waals surface area contributed by atoms with Gasteiger partial charge in [0.25, 0.3) is 10.0 Å². The lowest BCUT2D eigenvalue weighted by Crippen LogP contribution is -2.47. The Morgan fingerprint density at radius 3 is 2.49 bits per heavy atom. The Labute approximate surface area is 221 Å². The minimum atomic E-state index is -3.77. The molecule has 0 spiro atoms. The zero-order valence-electron chi connectivity index (χ0n) is 20.9. The lowest BCUT2D eigenvalue weighted by Gasteiger charge is -2.35. The average Bonchev–Trinajstić information content (AvgIpc) is 3.36. The van der Waals surface area contributed by atoms with E-state index in [9.17, 15) is 8.42 Å². The van der Waals surface area contributed by atoms with Crippen LogP contribution in [0.3, 0.4) is 0 Å². The standard InChI is InChI=1S/C27H30N4O4S2/c1-34-24-11-10-22(19-25(24)35-2)37(32,33)29-21-7-5-6-20(18-21)12-13-30-14-16-31(17-15-30)27-23-8-3-4-9-26(23)36-28-27/h3-11,18-19,29H,12-17H2,1-2H3. The maximum absolute atomic E-state index is 13.0. The first kappa shape index (κ1) is 25.3. The highest BCUT2D eigenvalue weighted by Gasteiger charge is 2.21. The summed E-state index contributed by atoms with van der Waals surface area (Å²) in [4.78, 5) is 4.94. The van der Waals surface area contributed by atoms with Crippen molar-refractivity contribution in [1.29, 1.82) is 0 Å². The zero-order chi connectivity index (χ0) is 25.8. The summed E-state index contributed by atoms with van der Waals surface area (Å²) in [6.07, 6.45) is 0.839. The highest BCUT2D eigenvalue weighted by molar-refractivity contribution is 7.92. The van der Waals surface area contributed by atoms with Crippen molar-refractivity contribution >= 4 is 43.1 Å². The summed E-state index contributed by atoms with van der Waals surface area (Å²) >= 11 is 1.56. The van der Waals surface area contributed by atoms with Gasteiger partial charge >= 0.3 is 0 Å². The van der Waals surface area contributed by atoms with Crippen LogP contribution in [-0.4, -0.2) is 64.6 Å². The number of piperazine rings is 1. The number of ether oxygens (including phenoxy) is 2. The molecule has 1 aliphatic rings. The van der Waals surface area contributed by atoms with Gasteiger partial charge in [-0.2, -0.15) is 4.37 Å². The molecule has 5 rings (SSSR count). The monoisotopic (exact) mass is 538 g/mol. The van der Waals surface area contributed by atoms with Crippen LogP contribution in [0.4, 0.5) is 11.5 Å². The summed E-state index contributed by atoms with van der Waals surface area (Å²) in [6, 6.07) is 20.5. The molecule has 0 aliphatic carbocycles. The van der Waals surface area contributed by atoms with Crippen LogP contribution in [0, 0.1) is 0 Å². The molecule has 0 amide bonds. The fraction of sp³-hybridized carbons (Fsp3) is 0.296. The van der Waals surface area contributed by atoms with Crippen molar-refractivity contribution in [2.75, 3.05) is 56.6 Å². The van der Waals surface area contributed by atoms with Gasteiger partial charge in [-0.25, -0.2) is 8.42 Å². The molecule has 37 heavy (non-hydrogen) atoms. The van der Waals surface area contributed by atoms with Gasteiger partial charge in [0.15, 0.2) is 11.5 Å². The first-order valence-corrected chi connectivity index (χ1v) is 14.4. The van der Waals surface area contributed by atoms with Gasteiger partial charge in [-0.05, 0) is 59.9 Å². The number of methoxy groups -OCH3 is 2. The SMILES string of the molecule is COc1ccc(S(=O)(=O)Nc2cccc(CCN3CCN(c4nsc5ccccc45)CC3)c2)cc1OC. The molecule has 8 nitrogen and oxygen atoms in total. The van der Waals surface area contributed by atoms with E-state index in [1.807, 2.05) is 18.2 Å². The third-order valence-electron chi connectivity index (χ3n) is 6.59. The molecule has 194 valence electrons. The van der Waals surface area contributed by atoms with Gasteiger partial charge < -0.3 is 14.4 Å². The maximum atomic E-state index is 13.0. The number of sulfonamides is 1. The zero-order valence-corrected chi connectivity index (χ0v) is 22.5. The second-order valence-corrected chi connectivity index (χ2v) is 11.4. The number of hydrogen-bond donors (Lipinski definition) is 1. The van der Waals surface area contributed by atoms with E-state index in [-0.39, 0.29) is 4.90 Å². The highest BCUT2D eigenvalue weighted by atomic mass is 32.2. The lowest BCUT2D eigenvalue weighted by molar-refractivity contribution is 0.261. The molecule has 3 aromatic carbocycles. The van der Waals surface area contributed by atoms with Crippen LogP contribution in [-0.2, 0) is 16.4 Å². The molecule has 0 atom stereocenters. The number of rotatable bonds is 9. The van der Waals surface area contributed by atoms with Crippen LogP contribution in [0.5, 0.6) is 11.5 Å². The van der Waals surface area contributed by atoms with Crippen LogP contribution in [0.2, 0.25) is 0 Å². The van der Waals surface area contributed by atoms with E-state index < -0.39 is 10.0 Å². The lowest BCUT2D eigenvalue weighted by atomic mass is 10.1. The predicted molar refractivity (Wildman–Crippen MR) is 149 cm³/mol. The van der Waals surface area contributed by atoms with Crippen molar-refractivity contribution in [3.05, 3.63) is 72.3 Å². The number of hydrogen-bond acceptors (Lipinski definition) is 8. The largest absolute Gasteiger partial charge is 0.493 e. The topological polar surface area (TPSA) is 84.0 Å². The van der Waals surface area contributed by atoms with E-state index in [4.69, 9.17) is 13.8 Å². The summed E-state index contributed by atoms with van der Waals surface area (Å²) in [5, 5.41) is 1.23. The van der Waals surface area contributed by atoms with Crippen LogP contribution in [0.1, 0.15) is 5.56 Å². The van der Waals surface area contributed by atoms with Gasteiger partial charge in [0, 0.05) is 49.9 Å². The second kappa shape index (κ2) is 11.0. The molecular weight excluding hydrogens is 508 g/mol. The summed E-state index contributed by atoms with van der Waals surface area (Å²) in [5.41, 5.74) is 1.62. The van der Waals surface area contributed by atoms with Gasteiger partial charge in [0.2, 0.25) is 0 Å². The molecule has 1 saturated heterocycles. The van der Waals surface area contributed by atoms with Gasteiger partial charge in [-0.15, -0.1) is 0 Å². The quantitative estimate of drug-likeness (QED) is 0.336. The van der Waals surface area contributed by atoms with E-state index in [0.29, 0.717) is 17.2 Å². The summed E-state index contributed by atoms with van der Waals surface area (Å²) in [6.45, 7) is 4.74. The Kier molecular flexibility index (Phi) is 7.50. The van der Waals surface area contributed by atoms with Crippen molar-refractivity contribution in [2.24, 2.45) is 0 Å². The number of nitrogens with one attached hydrogen (secondary N) is 1. The Hall–Kier alpha value is -3.34. The van der Waals surface area contributed by atoms with Gasteiger partial charge in [0.1, 0.15) is 5.82 Å². The maximum Gasteiger partial charge on any atom is 0.262 e. The first-order chi connectivity index (χ1) is 18.0. The molecule has 4 aromatic rings. The van der Waals surface area contributed by atoms with Crippen LogP contribution < -0.4 is 19.1 Å². The molecule has 0 unspecified atom stereocenters. The van der Waals surface area contributed by atoms with E-state index >= 15 is 0 Å². The summed E-state index contributed by atoms with van der Waals surface area (Å²) in [7, 11) is -0.783. The van der Waals surface area contributed by atoms with Crippen LogP contribution in [0.25, 0.3) is 10.1 Å². The van der Waals surface area contributed by atoms with E-state index in [0.717, 1.165) is 50.5 Å². The second-order valence-electron chi connectivity index (χ2n) is 8.90. The number of anilines is 2. The van der Waals surface area contributed by atoms with Crippen LogP contribution in [0.15, 0.2) is 71.6 Å². The van der Waals surface area contributed by atoms with Gasteiger partial charge in [0.05, 0.1) is 23.8 Å². The fourth-order valence-corrected chi connectivity index (χ4v) is 6.42. The minimum Gasteiger partial charge on any atom is -0.493 e. The average molecular weight is 539 g/mol. The number of benzene rings is 3. The number of nitrogens with zero attached hydrogens (tertiary/aromatic N) is 3. The molecule has 0 bridgehead atoms. The number of fused-ring (bicyclic) bond motifs is 1. The highest BCUT2D eigenvalue weighted by Crippen LogP contribution is 2.31. The van der Waals surface area contributed by atoms with E-state index in [2.05, 4.69) is 38.8 Å². The van der Waals surface area contributed by atoms with E-state index in [1.54, 1.807) is 23.7 Å². The van der Waals surface area contributed by atoms with Crippen molar-refractivity contribution in [3.63, 3.8) is 0 Å². The van der Waals surface area contributed by atoms with Gasteiger partial charge in [-0.3, -0.25) is 9.62 Å². The normalized spacial score (nSPS) is 14.6. The Morgan fingerprint density at radius 1 is 0.919 bits per heavy atom. The Morgan fingerprint density at radius 2 is 1.70 bits per heavy atom. The minimum absolute atomic E-state index is 0.112. The molecule has 1 N–H and O–H groups in total. The third-order valence-corrected chi connectivity index (χ3v) is 8.79. The Balaban J connectivity index is 1.18. The van der Waals surface area contributed by atoms with Crippen LogP contribution >= 0.6 is 11.5 Å². The molecular formula is C27H30N4O4S2. The molecule has 10 heteroatoms. The predicted octanol–water partition coefficient (Wildman–Crippen LogP) is 4.48. The molecule has 1 fully saturated rings. The molecule has 0 radical (unpaired) electrons. The van der Waals surface area contributed by atoms with Crippen molar-refractivity contribution in [1.82, 2.24) is 9.27 Å². The smallest absolute Gasteiger partial charge is 0.262 e. The fourth-order valence-electron chi connectivity index (χ4n) is 4.56. The van der Waals surface area contributed by atoms with Crippen molar-refractivity contribution in [3.8, 4) is 11.5 Å².